The van der Waals surface area contributed by atoms with Gasteiger partial charge < -0.3 is 15.1 Å². The van der Waals surface area contributed by atoms with Gasteiger partial charge in [0.05, 0.1) is 5.52 Å². The monoisotopic (exact) mass is 261 g/mol. The lowest BCUT2D eigenvalue weighted by Crippen LogP contribution is -2.43. The summed E-state index contributed by atoms with van der Waals surface area (Å²) >= 11 is 0. The largest absolute Gasteiger partial charge is 0.417 e. The summed E-state index contributed by atoms with van der Waals surface area (Å²) in [5, 5.41) is 6.94. The highest BCUT2D eigenvalue weighted by molar-refractivity contribution is 5.73. The molecule has 5 heteroatoms. The van der Waals surface area contributed by atoms with Gasteiger partial charge in [-0.25, -0.2) is 4.79 Å². The van der Waals surface area contributed by atoms with E-state index >= 15 is 0 Å². The van der Waals surface area contributed by atoms with Crippen molar-refractivity contribution in [3.8, 4) is 0 Å². The fourth-order valence-corrected chi connectivity index (χ4v) is 2.93. The molecule has 1 aromatic heterocycles. The summed E-state index contributed by atoms with van der Waals surface area (Å²) in [7, 11) is 1.98. The van der Waals surface area contributed by atoms with Crippen LogP contribution in [-0.2, 0) is 0 Å². The van der Waals surface area contributed by atoms with Crippen LogP contribution in [0.2, 0.25) is 0 Å². The number of likely N-dealkylation sites (N-methyl/N-ethyl adjacent to an activating group) is 1. The van der Waals surface area contributed by atoms with Crippen LogP contribution in [0.25, 0.3) is 11.1 Å². The molecule has 3 rings (SSSR count). The fraction of sp³-hybridized carbons (Fsp3) is 0.500. The zero-order valence-corrected chi connectivity index (χ0v) is 11.0. The first-order valence-electron chi connectivity index (χ1n) is 6.81. The third-order valence-corrected chi connectivity index (χ3v) is 3.86. The second-order valence-electron chi connectivity index (χ2n) is 5.09. The van der Waals surface area contributed by atoms with Gasteiger partial charge in [-0.3, -0.25) is 4.98 Å². The molecule has 5 nitrogen and oxygen atoms in total. The van der Waals surface area contributed by atoms with Crippen molar-refractivity contribution in [3.05, 3.63) is 34.3 Å². The Balaban J connectivity index is 1.93. The Labute approximate surface area is 111 Å². The van der Waals surface area contributed by atoms with E-state index in [-0.39, 0.29) is 6.04 Å². The maximum atomic E-state index is 11.2. The van der Waals surface area contributed by atoms with Crippen molar-refractivity contribution in [2.75, 3.05) is 13.6 Å². The minimum Gasteiger partial charge on any atom is -0.408 e. The number of aromatic nitrogens is 1. The molecular weight excluding hydrogens is 242 g/mol. The topological polar surface area (TPSA) is 70.1 Å². The van der Waals surface area contributed by atoms with Gasteiger partial charge >= 0.3 is 5.76 Å². The van der Waals surface area contributed by atoms with Crippen molar-refractivity contribution in [2.45, 2.75) is 31.3 Å². The Morgan fingerprint density at radius 2 is 2.32 bits per heavy atom. The van der Waals surface area contributed by atoms with E-state index in [1.807, 2.05) is 25.2 Å². The molecule has 0 radical (unpaired) electrons. The first-order valence-corrected chi connectivity index (χ1v) is 6.81. The van der Waals surface area contributed by atoms with Crippen LogP contribution in [0.1, 0.15) is 30.9 Å². The summed E-state index contributed by atoms with van der Waals surface area (Å²) in [4.78, 5) is 13.9. The molecule has 1 aromatic carbocycles. The molecule has 2 atom stereocenters. The van der Waals surface area contributed by atoms with E-state index < -0.39 is 5.76 Å². The molecule has 2 aromatic rings. The molecule has 0 amide bonds. The van der Waals surface area contributed by atoms with Crippen LogP contribution in [0.4, 0.5) is 0 Å². The quantitative estimate of drug-likeness (QED) is 0.783. The highest BCUT2D eigenvalue weighted by atomic mass is 16.4. The average Bonchev–Trinajstić information content (AvgIpc) is 2.80. The minimum atomic E-state index is -0.399. The Bertz CT molecular complexity index is 610. The molecule has 0 spiro atoms. The molecule has 2 heterocycles. The van der Waals surface area contributed by atoms with E-state index in [0.717, 1.165) is 12.1 Å². The predicted molar refractivity (Wildman–Crippen MR) is 74.3 cm³/mol. The molecule has 0 bridgehead atoms. The first kappa shape index (κ1) is 12.4. The molecule has 2 unspecified atom stereocenters. The van der Waals surface area contributed by atoms with Crippen LogP contribution in [0.5, 0.6) is 0 Å². The lowest BCUT2D eigenvalue weighted by molar-refractivity contribution is 0.326. The van der Waals surface area contributed by atoms with Crippen molar-refractivity contribution in [2.24, 2.45) is 0 Å². The lowest BCUT2D eigenvalue weighted by Gasteiger charge is -2.31. The zero-order chi connectivity index (χ0) is 13.2. The minimum absolute atomic E-state index is 0.253. The van der Waals surface area contributed by atoms with Gasteiger partial charge in [0.1, 0.15) is 0 Å². The molecule has 0 saturated carbocycles. The Morgan fingerprint density at radius 1 is 1.42 bits per heavy atom. The van der Waals surface area contributed by atoms with Gasteiger partial charge in [0, 0.05) is 12.1 Å². The van der Waals surface area contributed by atoms with E-state index in [0.29, 0.717) is 11.6 Å². The molecule has 1 saturated heterocycles. The van der Waals surface area contributed by atoms with Crippen molar-refractivity contribution >= 4 is 11.1 Å². The summed E-state index contributed by atoms with van der Waals surface area (Å²) < 4.78 is 5.03. The fourth-order valence-electron chi connectivity index (χ4n) is 2.93. The summed E-state index contributed by atoms with van der Waals surface area (Å²) in [6, 6.07) is 6.57. The summed E-state index contributed by atoms with van der Waals surface area (Å²) in [5.74, 6) is -0.399. The Kier molecular flexibility index (Phi) is 3.40. The number of aromatic amines is 1. The molecule has 1 aliphatic rings. The number of oxazole rings is 1. The van der Waals surface area contributed by atoms with E-state index in [9.17, 15) is 4.79 Å². The standard InChI is InChI=1S/C14H19N3O2/c1-15-13(10-4-2-3-7-16-10)9-5-6-12-11(8-9)17-14(18)19-12/h5-6,8,10,13,15-16H,2-4,7H2,1H3,(H,17,18). The highest BCUT2D eigenvalue weighted by Crippen LogP contribution is 2.24. The molecule has 102 valence electrons. The molecular formula is C14H19N3O2. The van der Waals surface area contributed by atoms with Crippen LogP contribution < -0.4 is 16.4 Å². The van der Waals surface area contributed by atoms with Crippen molar-refractivity contribution < 1.29 is 4.42 Å². The third kappa shape index (κ3) is 2.43. The van der Waals surface area contributed by atoms with Crippen molar-refractivity contribution in [3.63, 3.8) is 0 Å². The van der Waals surface area contributed by atoms with Crippen molar-refractivity contribution in [1.29, 1.82) is 0 Å². The number of hydrogen-bond acceptors (Lipinski definition) is 4. The summed E-state index contributed by atoms with van der Waals surface area (Å²) in [6.45, 7) is 1.08. The number of benzene rings is 1. The number of hydrogen-bond donors (Lipinski definition) is 3. The highest BCUT2D eigenvalue weighted by Gasteiger charge is 2.23. The number of H-pyrrole nitrogens is 1. The number of nitrogens with one attached hydrogen (secondary N) is 3. The van der Waals surface area contributed by atoms with Gasteiger partial charge in [-0.15, -0.1) is 0 Å². The van der Waals surface area contributed by atoms with Crippen LogP contribution in [0, 0.1) is 0 Å². The smallest absolute Gasteiger partial charge is 0.408 e. The second-order valence-corrected chi connectivity index (χ2v) is 5.09. The number of piperidine rings is 1. The van der Waals surface area contributed by atoms with Gasteiger partial charge in [0.15, 0.2) is 5.58 Å². The normalized spacial score (nSPS) is 21.6. The Morgan fingerprint density at radius 3 is 3.05 bits per heavy atom. The maximum absolute atomic E-state index is 11.2. The van der Waals surface area contributed by atoms with Gasteiger partial charge in [-0.05, 0) is 44.1 Å². The second kappa shape index (κ2) is 5.19. The predicted octanol–water partition coefficient (Wildman–Crippen LogP) is 1.52. The Hall–Kier alpha value is -1.59. The molecule has 1 fully saturated rings. The number of rotatable bonds is 3. The zero-order valence-electron chi connectivity index (χ0n) is 11.0. The summed E-state index contributed by atoms with van der Waals surface area (Å²) in [6.07, 6.45) is 3.69. The summed E-state index contributed by atoms with van der Waals surface area (Å²) in [5.41, 5.74) is 2.55. The average molecular weight is 261 g/mol. The van der Waals surface area contributed by atoms with Crippen LogP contribution in [0.15, 0.2) is 27.4 Å². The lowest BCUT2D eigenvalue weighted by atomic mass is 9.92. The molecule has 3 N–H and O–H groups in total. The van der Waals surface area contributed by atoms with Crippen LogP contribution in [0.3, 0.4) is 0 Å². The van der Waals surface area contributed by atoms with E-state index in [1.165, 1.54) is 24.8 Å². The third-order valence-electron chi connectivity index (χ3n) is 3.86. The SMILES string of the molecule is CNC(c1ccc2oc(=O)[nH]c2c1)C1CCCCN1. The van der Waals surface area contributed by atoms with Gasteiger partial charge in [0.2, 0.25) is 0 Å². The van der Waals surface area contributed by atoms with E-state index in [2.05, 4.69) is 15.6 Å². The molecule has 19 heavy (non-hydrogen) atoms. The van der Waals surface area contributed by atoms with Crippen LogP contribution >= 0.6 is 0 Å². The van der Waals surface area contributed by atoms with Gasteiger partial charge in [-0.2, -0.15) is 0 Å². The molecule has 0 aliphatic carbocycles. The van der Waals surface area contributed by atoms with Gasteiger partial charge in [-0.1, -0.05) is 12.5 Å². The molecule has 1 aliphatic heterocycles. The van der Waals surface area contributed by atoms with Crippen LogP contribution in [-0.4, -0.2) is 24.6 Å². The maximum Gasteiger partial charge on any atom is 0.417 e. The van der Waals surface area contributed by atoms with E-state index in [4.69, 9.17) is 4.42 Å². The first-order chi connectivity index (χ1) is 9.28. The van der Waals surface area contributed by atoms with Crippen molar-refractivity contribution in [1.82, 2.24) is 15.6 Å². The van der Waals surface area contributed by atoms with Gasteiger partial charge in [0.25, 0.3) is 0 Å². The number of fused-ring (bicyclic) bond motifs is 1. The van der Waals surface area contributed by atoms with E-state index in [1.54, 1.807) is 0 Å².